The third-order valence-electron chi connectivity index (χ3n) is 4.51. The normalized spacial score (nSPS) is 10.8. The molecule has 5 heteroatoms. The van der Waals surface area contributed by atoms with Crippen molar-refractivity contribution in [2.45, 2.75) is 33.2 Å². The number of aromatic nitrogens is 1. The highest BCUT2D eigenvalue weighted by atomic mass is 35.5. The average molecular weight is 382 g/mol. The van der Waals surface area contributed by atoms with E-state index in [2.05, 4.69) is 24.1 Å². The topological polar surface area (TPSA) is 45.2 Å². The number of halogens is 1. The zero-order valence-electron chi connectivity index (χ0n) is 15.7. The molecule has 140 valence electrons. The van der Waals surface area contributed by atoms with Gasteiger partial charge in [-0.2, -0.15) is 0 Å². The van der Waals surface area contributed by atoms with Gasteiger partial charge in [-0.25, -0.2) is 9.78 Å². The van der Waals surface area contributed by atoms with Crippen LogP contribution in [0.3, 0.4) is 0 Å². The van der Waals surface area contributed by atoms with Crippen LogP contribution in [0.5, 0.6) is 0 Å². The van der Waals surface area contributed by atoms with Crippen molar-refractivity contribution in [3.63, 3.8) is 0 Å². The molecule has 27 heavy (non-hydrogen) atoms. The van der Waals surface area contributed by atoms with E-state index in [0.29, 0.717) is 18.2 Å². The van der Waals surface area contributed by atoms with Crippen LogP contribution in [0, 0.1) is 0 Å². The number of rotatable bonds is 6. The Morgan fingerprint density at radius 2 is 1.85 bits per heavy atom. The van der Waals surface area contributed by atoms with E-state index < -0.39 is 0 Å². The van der Waals surface area contributed by atoms with E-state index in [1.807, 2.05) is 54.6 Å². The highest BCUT2D eigenvalue weighted by Crippen LogP contribution is 2.22. The smallest absolute Gasteiger partial charge is 0.320 e. The number of carbonyl (C=O) groups is 1. The Kier molecular flexibility index (Phi) is 6.30. The third kappa shape index (κ3) is 4.77. The fourth-order valence-corrected chi connectivity index (χ4v) is 3.21. The maximum absolute atomic E-state index is 12.8. The lowest BCUT2D eigenvalue weighted by Crippen LogP contribution is -2.35. The molecule has 0 aliphatic carbocycles. The number of carbonyl (C=O) groups excluding carboxylic acids is 1. The van der Waals surface area contributed by atoms with Crippen molar-refractivity contribution in [2.24, 2.45) is 0 Å². The molecule has 0 bridgehead atoms. The maximum Gasteiger partial charge on any atom is 0.322 e. The van der Waals surface area contributed by atoms with Crippen LogP contribution in [0.4, 0.5) is 10.5 Å². The van der Waals surface area contributed by atoms with Crippen LogP contribution < -0.4 is 5.32 Å². The number of hydrogen-bond donors (Lipinski definition) is 1. The SMILES string of the molecule is CCCN(Cc1cc2ccccc2nc1Cl)C(=O)Nc1ccc(CC)cc1. The Hall–Kier alpha value is -2.59. The fourth-order valence-electron chi connectivity index (χ4n) is 3.00. The van der Waals surface area contributed by atoms with Gasteiger partial charge in [-0.1, -0.05) is 55.8 Å². The van der Waals surface area contributed by atoms with E-state index in [9.17, 15) is 4.79 Å². The van der Waals surface area contributed by atoms with Crippen molar-refractivity contribution < 1.29 is 4.79 Å². The molecule has 2 aromatic carbocycles. The Bertz CT molecular complexity index is 924. The largest absolute Gasteiger partial charge is 0.322 e. The van der Waals surface area contributed by atoms with Gasteiger partial charge in [-0.15, -0.1) is 0 Å². The van der Waals surface area contributed by atoms with Crippen LogP contribution >= 0.6 is 11.6 Å². The van der Waals surface area contributed by atoms with Gasteiger partial charge in [0.15, 0.2) is 0 Å². The number of hydrogen-bond acceptors (Lipinski definition) is 2. The molecule has 0 aliphatic rings. The fraction of sp³-hybridized carbons (Fsp3) is 0.273. The van der Waals surface area contributed by atoms with Gasteiger partial charge in [-0.3, -0.25) is 0 Å². The second-order valence-electron chi connectivity index (χ2n) is 6.53. The molecule has 0 atom stereocenters. The number of pyridine rings is 1. The lowest BCUT2D eigenvalue weighted by Gasteiger charge is -2.23. The van der Waals surface area contributed by atoms with Gasteiger partial charge in [0.05, 0.1) is 12.1 Å². The molecule has 3 aromatic rings. The zero-order valence-corrected chi connectivity index (χ0v) is 16.5. The predicted molar refractivity (Wildman–Crippen MR) is 112 cm³/mol. The summed E-state index contributed by atoms with van der Waals surface area (Å²) in [7, 11) is 0. The zero-order chi connectivity index (χ0) is 19.2. The summed E-state index contributed by atoms with van der Waals surface area (Å²) in [5.41, 5.74) is 3.74. The third-order valence-corrected chi connectivity index (χ3v) is 4.83. The second kappa shape index (κ2) is 8.87. The lowest BCUT2D eigenvalue weighted by atomic mass is 10.1. The predicted octanol–water partition coefficient (Wildman–Crippen LogP) is 5.89. The summed E-state index contributed by atoms with van der Waals surface area (Å²) in [5.74, 6) is 0. The summed E-state index contributed by atoms with van der Waals surface area (Å²) in [4.78, 5) is 19.0. The van der Waals surface area contributed by atoms with E-state index in [-0.39, 0.29) is 6.03 Å². The standard InChI is InChI=1S/C22H24ClN3O/c1-3-13-26(22(27)24-19-11-9-16(4-2)10-12-19)15-18-14-17-7-5-6-8-20(17)25-21(18)23/h5-12,14H,3-4,13,15H2,1-2H3,(H,24,27). The number of aryl methyl sites for hydroxylation is 1. The number of fused-ring (bicyclic) bond motifs is 1. The average Bonchev–Trinajstić information content (AvgIpc) is 2.68. The van der Waals surface area contributed by atoms with Crippen LogP contribution in [0.2, 0.25) is 5.15 Å². The van der Waals surface area contributed by atoms with Gasteiger partial charge in [0.1, 0.15) is 5.15 Å². The first-order valence-electron chi connectivity index (χ1n) is 9.29. The van der Waals surface area contributed by atoms with E-state index in [4.69, 9.17) is 11.6 Å². The molecule has 1 aromatic heterocycles. The molecular formula is C22H24ClN3O. The van der Waals surface area contributed by atoms with Crippen LogP contribution in [0.1, 0.15) is 31.4 Å². The first-order chi connectivity index (χ1) is 13.1. The van der Waals surface area contributed by atoms with E-state index >= 15 is 0 Å². The lowest BCUT2D eigenvalue weighted by molar-refractivity contribution is 0.209. The second-order valence-corrected chi connectivity index (χ2v) is 6.89. The Labute approximate surface area is 165 Å². The molecule has 0 radical (unpaired) electrons. The number of nitrogens with one attached hydrogen (secondary N) is 1. The van der Waals surface area contributed by atoms with Crippen molar-refractivity contribution in [2.75, 3.05) is 11.9 Å². The van der Waals surface area contributed by atoms with E-state index in [1.54, 1.807) is 4.90 Å². The summed E-state index contributed by atoms with van der Waals surface area (Å²) in [6.07, 6.45) is 1.84. The quantitative estimate of drug-likeness (QED) is 0.540. The molecule has 3 rings (SSSR count). The van der Waals surface area contributed by atoms with Gasteiger partial charge >= 0.3 is 6.03 Å². The maximum atomic E-state index is 12.8. The Morgan fingerprint density at radius 1 is 1.11 bits per heavy atom. The number of para-hydroxylation sites is 1. The minimum Gasteiger partial charge on any atom is -0.320 e. The Balaban J connectivity index is 1.78. The minimum atomic E-state index is -0.134. The molecule has 0 saturated heterocycles. The van der Waals surface area contributed by atoms with Gasteiger partial charge in [-0.05, 0) is 42.7 Å². The first-order valence-corrected chi connectivity index (χ1v) is 9.67. The number of benzene rings is 2. The monoisotopic (exact) mass is 381 g/mol. The van der Waals surface area contributed by atoms with Gasteiger partial charge in [0.2, 0.25) is 0 Å². The summed E-state index contributed by atoms with van der Waals surface area (Å²) in [6, 6.07) is 17.7. The van der Waals surface area contributed by atoms with Crippen molar-refractivity contribution in [1.29, 1.82) is 0 Å². The first kappa shape index (κ1) is 19.2. The molecule has 0 spiro atoms. The van der Waals surface area contributed by atoms with Crippen molar-refractivity contribution in [3.05, 3.63) is 70.9 Å². The van der Waals surface area contributed by atoms with Crippen LogP contribution in [-0.4, -0.2) is 22.5 Å². The summed E-state index contributed by atoms with van der Waals surface area (Å²) in [5, 5.41) is 4.44. The van der Waals surface area contributed by atoms with Crippen LogP contribution in [-0.2, 0) is 13.0 Å². The summed E-state index contributed by atoms with van der Waals surface area (Å²) in [6.45, 7) is 5.22. The van der Waals surface area contributed by atoms with Gasteiger partial charge in [0, 0.05) is 23.2 Å². The van der Waals surface area contributed by atoms with Crippen LogP contribution in [0.15, 0.2) is 54.6 Å². The Morgan fingerprint density at radius 3 is 2.56 bits per heavy atom. The van der Waals surface area contributed by atoms with Gasteiger partial charge in [0.25, 0.3) is 0 Å². The summed E-state index contributed by atoms with van der Waals surface area (Å²) < 4.78 is 0. The molecule has 0 unspecified atom stereocenters. The number of nitrogens with zero attached hydrogens (tertiary/aromatic N) is 2. The molecule has 1 N–H and O–H groups in total. The molecule has 0 fully saturated rings. The van der Waals surface area contributed by atoms with Gasteiger partial charge < -0.3 is 10.2 Å². The molecule has 2 amide bonds. The number of anilines is 1. The van der Waals surface area contributed by atoms with E-state index in [0.717, 1.165) is 35.0 Å². The highest BCUT2D eigenvalue weighted by molar-refractivity contribution is 6.30. The number of urea groups is 1. The molecule has 0 aliphatic heterocycles. The minimum absolute atomic E-state index is 0.134. The van der Waals surface area contributed by atoms with E-state index in [1.165, 1.54) is 5.56 Å². The number of amides is 2. The molecule has 4 nitrogen and oxygen atoms in total. The van der Waals surface area contributed by atoms with Crippen molar-refractivity contribution in [3.8, 4) is 0 Å². The summed E-state index contributed by atoms with van der Waals surface area (Å²) >= 11 is 6.38. The highest BCUT2D eigenvalue weighted by Gasteiger charge is 2.16. The molecule has 1 heterocycles. The van der Waals surface area contributed by atoms with Crippen molar-refractivity contribution >= 4 is 34.2 Å². The van der Waals surface area contributed by atoms with Crippen molar-refractivity contribution in [1.82, 2.24) is 9.88 Å². The van der Waals surface area contributed by atoms with Crippen LogP contribution in [0.25, 0.3) is 10.9 Å². The molecule has 0 saturated carbocycles. The molecular weight excluding hydrogens is 358 g/mol.